The predicted octanol–water partition coefficient (Wildman–Crippen LogP) is 16.1. The lowest BCUT2D eigenvalue weighted by molar-refractivity contribution is -0.132. The van der Waals surface area contributed by atoms with E-state index in [9.17, 15) is 0 Å². The second-order valence-corrected chi connectivity index (χ2v) is 21.8. The Morgan fingerprint density at radius 3 is 1.01 bits per heavy atom. The van der Waals surface area contributed by atoms with Crippen LogP contribution in [0.1, 0.15) is 55.6 Å². The highest BCUT2D eigenvalue weighted by molar-refractivity contribution is 6.42. The molecular formula is C74H42O4. The Bertz CT molecular complexity index is 4460. The molecule has 4 nitrogen and oxygen atoms in total. The van der Waals surface area contributed by atoms with Gasteiger partial charge in [-0.2, -0.15) is 0 Å². The van der Waals surface area contributed by atoms with Crippen molar-refractivity contribution in [2.75, 3.05) is 0 Å². The summed E-state index contributed by atoms with van der Waals surface area (Å²) >= 11 is 0. The second-order valence-electron chi connectivity index (χ2n) is 21.8. The molecule has 4 aliphatic carbocycles. The Kier molecular flexibility index (Phi) is 7.88. The zero-order valence-corrected chi connectivity index (χ0v) is 41.9. The average molecular weight is 995 g/mol. The van der Waals surface area contributed by atoms with Gasteiger partial charge in [0.25, 0.3) is 0 Å². The number of ether oxygens (including phenoxy) is 2. The standard InChI is InChI=1S/C74H42O4/c75-69-63(43-21-5-1-6-22-43)67-53-33-15-13-29-49(53)51-31-17-19-35-55(51)71(67)57-41-45-38-40-60-66-58(42-46-37-39-59(65(57)61(46)62(45)66)77-73(69,71)47-25-9-3-10-26-47)72-56-36-20-18-32-52(56)50-30-14-16-34-54(50)68(72)64(44-23-7-2-8-24-44)70(76)74(72,78-60)48-27-11-4-12-28-48/h1-42H/t71-,72+,73+,74-. The maximum Gasteiger partial charge on any atom is 0.214 e. The molecule has 12 aromatic rings. The summed E-state index contributed by atoms with van der Waals surface area (Å²) in [5, 5.41) is 5.98. The molecule has 18 rings (SSSR count). The molecule has 2 heterocycles. The van der Waals surface area contributed by atoms with Crippen LogP contribution in [0.4, 0.5) is 0 Å². The quantitative estimate of drug-likeness (QED) is 0.165. The number of rotatable bonds is 4. The van der Waals surface area contributed by atoms with E-state index in [0.29, 0.717) is 22.6 Å². The van der Waals surface area contributed by atoms with Crippen LogP contribution in [0.25, 0.3) is 76.9 Å². The summed E-state index contributed by atoms with van der Waals surface area (Å²) in [4.78, 5) is 33.6. The minimum atomic E-state index is -1.57. The van der Waals surface area contributed by atoms with Crippen LogP contribution in [0.3, 0.4) is 0 Å². The van der Waals surface area contributed by atoms with E-state index >= 15 is 9.59 Å². The smallest absolute Gasteiger partial charge is 0.214 e. The van der Waals surface area contributed by atoms with E-state index < -0.39 is 22.0 Å². The van der Waals surface area contributed by atoms with Crippen molar-refractivity contribution in [1.82, 2.24) is 0 Å². The second kappa shape index (κ2) is 14.5. The number of hydrogen-bond acceptors (Lipinski definition) is 4. The van der Waals surface area contributed by atoms with E-state index in [0.717, 1.165) is 121 Å². The Labute approximate surface area is 449 Å². The third-order valence-corrected chi connectivity index (χ3v) is 18.6. The molecule has 0 amide bonds. The van der Waals surface area contributed by atoms with Crippen molar-refractivity contribution in [2.24, 2.45) is 0 Å². The highest BCUT2D eigenvalue weighted by Crippen LogP contribution is 2.75. The number of ketones is 2. The van der Waals surface area contributed by atoms with Gasteiger partial charge in [0.05, 0.1) is 10.8 Å². The molecular weight excluding hydrogens is 953 g/mol. The molecule has 0 saturated carbocycles. The third kappa shape index (κ3) is 4.55. The molecule has 0 unspecified atom stereocenters. The van der Waals surface area contributed by atoms with Gasteiger partial charge in [0.1, 0.15) is 11.5 Å². The number of benzene rings is 12. The molecule has 0 fully saturated rings. The van der Waals surface area contributed by atoms with Crippen LogP contribution in [0.15, 0.2) is 255 Å². The minimum absolute atomic E-state index is 0.0791. The Hall–Kier alpha value is -9.90. The zero-order valence-electron chi connectivity index (χ0n) is 41.9. The van der Waals surface area contributed by atoms with Gasteiger partial charge in [-0.25, -0.2) is 0 Å². The summed E-state index contributed by atoms with van der Waals surface area (Å²) in [6, 6.07) is 88.7. The van der Waals surface area contributed by atoms with Crippen LogP contribution >= 0.6 is 0 Å². The lowest BCUT2D eigenvalue weighted by Gasteiger charge is -2.54. The van der Waals surface area contributed by atoms with Crippen LogP contribution in [0, 0.1) is 0 Å². The monoisotopic (exact) mass is 994 g/mol. The van der Waals surface area contributed by atoms with Crippen molar-refractivity contribution in [2.45, 2.75) is 22.0 Å². The molecule has 0 N–H and O–H groups in total. The molecule has 0 saturated heterocycles. The van der Waals surface area contributed by atoms with E-state index in [-0.39, 0.29) is 11.6 Å². The molecule has 6 aliphatic rings. The third-order valence-electron chi connectivity index (χ3n) is 18.6. The number of carbonyl (C=O) groups excluding carboxylic acids is 2. The van der Waals surface area contributed by atoms with Crippen LogP contribution in [-0.4, -0.2) is 11.6 Å². The highest BCUT2D eigenvalue weighted by atomic mass is 16.5. The summed E-state index contributed by atoms with van der Waals surface area (Å²) in [5.74, 6) is 1.12. The predicted molar refractivity (Wildman–Crippen MR) is 309 cm³/mol. The first-order chi connectivity index (χ1) is 38.5. The zero-order chi connectivity index (χ0) is 51.3. The van der Waals surface area contributed by atoms with Gasteiger partial charge in [0.15, 0.2) is 0 Å². The van der Waals surface area contributed by atoms with E-state index in [1.165, 1.54) is 0 Å². The number of Topliss-reactive ketones (excluding diaryl/α,β-unsaturated/α-hetero) is 2. The fraction of sp³-hybridized carbons (Fsp3) is 0.0541. The van der Waals surface area contributed by atoms with Crippen molar-refractivity contribution in [3.05, 3.63) is 310 Å². The van der Waals surface area contributed by atoms with E-state index in [1.807, 2.05) is 72.8 Å². The largest absolute Gasteiger partial charge is 0.472 e. The molecule has 0 aromatic heterocycles. The summed E-state index contributed by atoms with van der Waals surface area (Å²) in [7, 11) is 0. The van der Waals surface area contributed by atoms with Crippen LogP contribution in [0.5, 0.6) is 11.5 Å². The normalized spacial score (nSPS) is 22.5. The number of hydrogen-bond donors (Lipinski definition) is 0. The van der Waals surface area contributed by atoms with Crippen LogP contribution < -0.4 is 9.47 Å². The van der Waals surface area contributed by atoms with Gasteiger partial charge < -0.3 is 9.47 Å². The lowest BCUT2D eigenvalue weighted by Crippen LogP contribution is -2.58. The Morgan fingerprint density at radius 2 is 0.615 bits per heavy atom. The summed E-state index contributed by atoms with van der Waals surface area (Å²) in [6.45, 7) is 0. The van der Waals surface area contributed by atoms with Crippen LogP contribution in [-0.2, 0) is 31.6 Å². The molecule has 0 radical (unpaired) electrons. The van der Waals surface area contributed by atoms with E-state index in [1.54, 1.807) is 0 Å². The first-order valence-corrected chi connectivity index (χ1v) is 26.9. The van der Waals surface area contributed by atoms with E-state index in [4.69, 9.17) is 9.47 Å². The molecule has 12 aromatic carbocycles. The van der Waals surface area contributed by atoms with Gasteiger partial charge in [0, 0.05) is 43.8 Å². The van der Waals surface area contributed by atoms with Crippen molar-refractivity contribution in [3.63, 3.8) is 0 Å². The van der Waals surface area contributed by atoms with Gasteiger partial charge >= 0.3 is 0 Å². The maximum absolute atomic E-state index is 16.8. The summed E-state index contributed by atoms with van der Waals surface area (Å²) in [6.07, 6.45) is 0. The Morgan fingerprint density at radius 1 is 0.282 bits per heavy atom. The maximum atomic E-state index is 16.8. The summed E-state index contributed by atoms with van der Waals surface area (Å²) in [5.41, 5.74) is 11.3. The fourth-order valence-electron chi connectivity index (χ4n) is 16.1. The highest BCUT2D eigenvalue weighted by Gasteiger charge is 2.75. The molecule has 2 aliphatic heterocycles. The number of carbonyl (C=O) groups is 2. The number of fused-ring (bicyclic) bond motifs is 8. The van der Waals surface area contributed by atoms with Crippen molar-refractivity contribution < 1.29 is 19.1 Å². The van der Waals surface area contributed by atoms with Crippen molar-refractivity contribution in [1.29, 1.82) is 0 Å². The van der Waals surface area contributed by atoms with Gasteiger partial charge in [0.2, 0.25) is 22.8 Å². The topological polar surface area (TPSA) is 52.6 Å². The molecule has 2 spiro atoms. The summed E-state index contributed by atoms with van der Waals surface area (Å²) < 4.78 is 15.9. The van der Waals surface area contributed by atoms with Crippen molar-refractivity contribution in [3.8, 4) is 33.8 Å². The molecule has 4 atom stereocenters. The molecule has 78 heavy (non-hydrogen) atoms. The van der Waals surface area contributed by atoms with Crippen molar-refractivity contribution >= 4 is 66.2 Å². The first kappa shape index (κ1) is 42.3. The van der Waals surface area contributed by atoms with Gasteiger partial charge in [-0.15, -0.1) is 0 Å². The first-order valence-electron chi connectivity index (χ1n) is 26.9. The Balaban J connectivity index is 1.04. The SMILES string of the molecule is O=C1C(c2ccccc2)=C2c3ccccc3-c3ccccc3[C@@]23c2cc4ccc5c6c(cc7ccc(c2c7c46)O[C@@]13c1ccccc1)[C@@]12C(=C(c3ccccc3)C(=O)[C@@]1(c1ccccc1)O5)c1ccccc1-c1ccccc12. The fourth-order valence-corrected chi connectivity index (χ4v) is 16.1. The minimum Gasteiger partial charge on any atom is -0.472 e. The average Bonchev–Trinajstić information content (AvgIpc) is 2.87. The van der Waals surface area contributed by atoms with Gasteiger partial charge in [-0.1, -0.05) is 231 Å². The molecule has 0 bridgehead atoms. The van der Waals surface area contributed by atoms with Gasteiger partial charge in [-0.05, 0) is 113 Å². The van der Waals surface area contributed by atoms with E-state index in [2.05, 4.69) is 182 Å². The van der Waals surface area contributed by atoms with Crippen LogP contribution in [0.2, 0.25) is 0 Å². The molecule has 4 heteroatoms. The van der Waals surface area contributed by atoms with Gasteiger partial charge in [-0.3, -0.25) is 9.59 Å². The lowest BCUT2D eigenvalue weighted by atomic mass is 9.52. The molecule has 362 valence electrons.